The smallest absolute Gasteiger partial charge is 0.335 e. The van der Waals surface area contributed by atoms with Gasteiger partial charge >= 0.3 is 5.97 Å². The number of aromatic carboxylic acids is 1. The number of fused-ring (bicyclic) bond motifs is 1. The molecule has 108 valence electrons. The zero-order valence-corrected chi connectivity index (χ0v) is 11.8. The maximum Gasteiger partial charge on any atom is 0.335 e. The first-order valence-corrected chi connectivity index (χ1v) is 6.94. The summed E-state index contributed by atoms with van der Waals surface area (Å²) in [6.45, 7) is 1.71. The van der Waals surface area contributed by atoms with Crippen molar-refractivity contribution in [3.8, 4) is 16.9 Å². The van der Waals surface area contributed by atoms with Gasteiger partial charge in [0.15, 0.2) is 0 Å². The number of carboxylic acid groups (broad SMARTS) is 1. The summed E-state index contributed by atoms with van der Waals surface area (Å²) < 4.78 is 5.43. The van der Waals surface area contributed by atoms with Crippen LogP contribution in [0, 0.1) is 0 Å². The summed E-state index contributed by atoms with van der Waals surface area (Å²) in [6, 6.07) is 11.1. The van der Waals surface area contributed by atoms with Gasteiger partial charge in [-0.3, -0.25) is 0 Å². The number of carboxylic acids is 1. The van der Waals surface area contributed by atoms with Gasteiger partial charge in [0.2, 0.25) is 0 Å². The highest BCUT2D eigenvalue weighted by molar-refractivity contribution is 5.89. The summed E-state index contributed by atoms with van der Waals surface area (Å²) in [5, 5.41) is 12.5. The number of methoxy groups -OCH3 is 1. The topological polar surface area (TPSA) is 58.6 Å². The van der Waals surface area contributed by atoms with E-state index in [1.165, 1.54) is 11.1 Å². The van der Waals surface area contributed by atoms with Gasteiger partial charge in [-0.2, -0.15) is 0 Å². The monoisotopic (exact) mass is 283 g/mol. The van der Waals surface area contributed by atoms with Crippen molar-refractivity contribution in [2.45, 2.75) is 13.0 Å². The van der Waals surface area contributed by atoms with E-state index < -0.39 is 5.97 Å². The molecule has 4 heteroatoms. The minimum absolute atomic E-state index is 0.311. The number of hydrogen-bond donors (Lipinski definition) is 2. The van der Waals surface area contributed by atoms with Crippen LogP contribution in [0.1, 0.15) is 21.5 Å². The van der Waals surface area contributed by atoms with Gasteiger partial charge in [0.05, 0.1) is 12.7 Å². The van der Waals surface area contributed by atoms with Gasteiger partial charge in [0, 0.05) is 12.1 Å². The van der Waals surface area contributed by atoms with Crippen LogP contribution in [0.3, 0.4) is 0 Å². The van der Waals surface area contributed by atoms with E-state index in [1.807, 2.05) is 18.2 Å². The van der Waals surface area contributed by atoms with Crippen molar-refractivity contribution in [3.63, 3.8) is 0 Å². The second-order valence-corrected chi connectivity index (χ2v) is 5.09. The first-order valence-electron chi connectivity index (χ1n) is 6.94. The summed E-state index contributed by atoms with van der Waals surface area (Å²) in [7, 11) is 1.68. The van der Waals surface area contributed by atoms with E-state index in [4.69, 9.17) is 9.84 Å². The standard InChI is InChI=1S/C17H17NO3/c1-21-16-6-5-13(14-7-8-18-10-15(14)16)11-3-2-4-12(9-11)17(19)20/h2-6,9,18H,7-8,10H2,1H3,(H,19,20). The third-order valence-corrected chi connectivity index (χ3v) is 3.88. The molecule has 0 unspecified atom stereocenters. The van der Waals surface area contributed by atoms with E-state index in [9.17, 15) is 4.79 Å². The van der Waals surface area contributed by atoms with Gasteiger partial charge in [-0.05, 0) is 47.9 Å². The Morgan fingerprint density at radius 1 is 1.24 bits per heavy atom. The molecule has 2 aromatic rings. The maximum atomic E-state index is 11.1. The molecule has 0 amide bonds. The Hall–Kier alpha value is -2.33. The highest BCUT2D eigenvalue weighted by atomic mass is 16.5. The van der Waals surface area contributed by atoms with Crippen LogP contribution in [0.15, 0.2) is 36.4 Å². The van der Waals surface area contributed by atoms with E-state index in [1.54, 1.807) is 25.3 Å². The summed E-state index contributed by atoms with van der Waals surface area (Å²) >= 11 is 0. The van der Waals surface area contributed by atoms with Crippen LogP contribution in [-0.4, -0.2) is 24.7 Å². The third kappa shape index (κ3) is 2.50. The highest BCUT2D eigenvalue weighted by Gasteiger charge is 2.18. The lowest BCUT2D eigenvalue weighted by atomic mass is 9.90. The minimum Gasteiger partial charge on any atom is -0.496 e. The molecule has 3 rings (SSSR count). The maximum absolute atomic E-state index is 11.1. The van der Waals surface area contributed by atoms with Gasteiger partial charge in [0.1, 0.15) is 5.75 Å². The molecular weight excluding hydrogens is 266 g/mol. The normalized spacial score (nSPS) is 13.6. The Morgan fingerprint density at radius 3 is 2.86 bits per heavy atom. The Balaban J connectivity index is 2.14. The molecule has 21 heavy (non-hydrogen) atoms. The van der Waals surface area contributed by atoms with Crippen molar-refractivity contribution in [2.75, 3.05) is 13.7 Å². The number of nitrogens with one attached hydrogen (secondary N) is 1. The van der Waals surface area contributed by atoms with E-state index in [0.29, 0.717) is 5.56 Å². The van der Waals surface area contributed by atoms with Crippen LogP contribution in [0.2, 0.25) is 0 Å². The summed E-state index contributed by atoms with van der Waals surface area (Å²) in [4.78, 5) is 11.1. The Labute approximate surface area is 123 Å². The lowest BCUT2D eigenvalue weighted by Gasteiger charge is -2.23. The fourth-order valence-corrected chi connectivity index (χ4v) is 2.86. The summed E-state index contributed by atoms with van der Waals surface area (Å²) in [6.07, 6.45) is 0.916. The van der Waals surface area contributed by atoms with Crippen LogP contribution in [0.5, 0.6) is 5.75 Å². The second kappa shape index (κ2) is 5.58. The van der Waals surface area contributed by atoms with E-state index in [0.717, 1.165) is 36.4 Å². The lowest BCUT2D eigenvalue weighted by Crippen LogP contribution is -2.24. The van der Waals surface area contributed by atoms with E-state index >= 15 is 0 Å². The molecule has 0 bridgehead atoms. The van der Waals surface area contributed by atoms with Gasteiger partial charge in [-0.15, -0.1) is 0 Å². The molecule has 4 nitrogen and oxygen atoms in total. The SMILES string of the molecule is COc1ccc(-c2cccc(C(=O)O)c2)c2c1CNCC2. The summed E-state index contributed by atoms with van der Waals surface area (Å²) in [5.41, 5.74) is 4.76. The Bertz CT molecular complexity index is 694. The molecular formula is C17H17NO3. The van der Waals surface area contributed by atoms with Crippen molar-refractivity contribution in [2.24, 2.45) is 0 Å². The van der Waals surface area contributed by atoms with Crippen molar-refractivity contribution in [3.05, 3.63) is 53.1 Å². The number of rotatable bonds is 3. The predicted molar refractivity (Wildman–Crippen MR) is 80.8 cm³/mol. The van der Waals surface area contributed by atoms with Crippen molar-refractivity contribution < 1.29 is 14.6 Å². The number of hydrogen-bond acceptors (Lipinski definition) is 3. The minimum atomic E-state index is -0.902. The average Bonchev–Trinajstić information content (AvgIpc) is 2.54. The van der Waals surface area contributed by atoms with Crippen LogP contribution >= 0.6 is 0 Å². The van der Waals surface area contributed by atoms with Crippen LogP contribution < -0.4 is 10.1 Å². The molecule has 2 N–H and O–H groups in total. The zero-order valence-electron chi connectivity index (χ0n) is 11.8. The van der Waals surface area contributed by atoms with E-state index in [2.05, 4.69) is 5.32 Å². The van der Waals surface area contributed by atoms with Gasteiger partial charge in [-0.25, -0.2) is 4.79 Å². The molecule has 0 spiro atoms. The third-order valence-electron chi connectivity index (χ3n) is 3.88. The fraction of sp³-hybridized carbons (Fsp3) is 0.235. The number of carbonyl (C=O) groups is 1. The van der Waals surface area contributed by atoms with Crippen molar-refractivity contribution in [1.82, 2.24) is 5.32 Å². The number of benzene rings is 2. The number of ether oxygens (including phenoxy) is 1. The lowest BCUT2D eigenvalue weighted by molar-refractivity contribution is 0.0697. The largest absolute Gasteiger partial charge is 0.496 e. The Morgan fingerprint density at radius 2 is 2.10 bits per heavy atom. The molecule has 1 heterocycles. The quantitative estimate of drug-likeness (QED) is 0.909. The predicted octanol–water partition coefficient (Wildman–Crippen LogP) is 2.71. The van der Waals surface area contributed by atoms with E-state index in [-0.39, 0.29) is 0 Å². The molecule has 2 aromatic carbocycles. The van der Waals surface area contributed by atoms with Crippen LogP contribution in [0.25, 0.3) is 11.1 Å². The molecule has 0 saturated heterocycles. The molecule has 0 saturated carbocycles. The van der Waals surface area contributed by atoms with Gasteiger partial charge in [-0.1, -0.05) is 18.2 Å². The highest BCUT2D eigenvalue weighted by Crippen LogP contribution is 2.34. The molecule has 0 atom stereocenters. The Kier molecular flexibility index (Phi) is 3.62. The summed E-state index contributed by atoms with van der Waals surface area (Å²) in [5.74, 6) is -0.0174. The molecule has 0 radical (unpaired) electrons. The average molecular weight is 283 g/mol. The molecule has 1 aliphatic rings. The van der Waals surface area contributed by atoms with Crippen molar-refractivity contribution >= 4 is 5.97 Å². The van der Waals surface area contributed by atoms with Crippen LogP contribution in [0.4, 0.5) is 0 Å². The fourth-order valence-electron chi connectivity index (χ4n) is 2.86. The molecule has 0 fully saturated rings. The molecule has 1 aliphatic heterocycles. The first-order chi connectivity index (χ1) is 10.2. The molecule has 0 aromatic heterocycles. The molecule has 0 aliphatic carbocycles. The zero-order chi connectivity index (χ0) is 14.8. The van der Waals surface area contributed by atoms with Crippen molar-refractivity contribution in [1.29, 1.82) is 0 Å². The van der Waals surface area contributed by atoms with Crippen LogP contribution in [-0.2, 0) is 13.0 Å². The second-order valence-electron chi connectivity index (χ2n) is 5.09. The first kappa shape index (κ1) is 13.6. The van der Waals surface area contributed by atoms with Gasteiger partial charge in [0.25, 0.3) is 0 Å². The van der Waals surface area contributed by atoms with Gasteiger partial charge < -0.3 is 15.2 Å².